The van der Waals surface area contributed by atoms with E-state index in [4.69, 9.17) is 11.6 Å². The molecule has 0 saturated carbocycles. The molecule has 1 atom stereocenters. The van der Waals surface area contributed by atoms with Crippen molar-refractivity contribution in [1.29, 1.82) is 0 Å². The highest BCUT2D eigenvalue weighted by atomic mass is 35.5. The number of aromatic nitrogens is 3. The van der Waals surface area contributed by atoms with Gasteiger partial charge in [0, 0.05) is 22.4 Å². The fourth-order valence-electron chi connectivity index (χ4n) is 2.43. The second-order valence-electron chi connectivity index (χ2n) is 5.37. The van der Waals surface area contributed by atoms with Crippen LogP contribution in [0.15, 0.2) is 53.7 Å². The number of hydrogen-bond donors (Lipinski definition) is 0. The van der Waals surface area contributed by atoms with Crippen molar-refractivity contribution in [3.8, 4) is 11.4 Å². The van der Waals surface area contributed by atoms with Crippen molar-refractivity contribution >= 4 is 23.4 Å². The van der Waals surface area contributed by atoms with Crippen LogP contribution in [0.25, 0.3) is 11.4 Å². The molecule has 0 saturated heterocycles. The van der Waals surface area contributed by atoms with Crippen LogP contribution < -0.4 is 0 Å². The van der Waals surface area contributed by atoms with Gasteiger partial charge in [-0.25, -0.2) is 4.39 Å². The fourth-order valence-corrected chi connectivity index (χ4v) is 3.60. The molecule has 124 valence electrons. The normalized spacial score (nSPS) is 12.3. The average molecular weight is 362 g/mol. The molecule has 0 bridgehead atoms. The van der Waals surface area contributed by atoms with Crippen molar-refractivity contribution in [3.05, 3.63) is 64.9 Å². The SMILES string of the molecule is CCn1c(SC(C)c2ccc(F)cc2)nnc1-c1ccc(Cl)cc1. The van der Waals surface area contributed by atoms with Crippen molar-refractivity contribution < 1.29 is 4.39 Å². The van der Waals surface area contributed by atoms with E-state index in [0.29, 0.717) is 5.02 Å². The highest BCUT2D eigenvalue weighted by molar-refractivity contribution is 7.99. The smallest absolute Gasteiger partial charge is 0.192 e. The molecular weight excluding hydrogens is 345 g/mol. The second kappa shape index (κ2) is 7.36. The average Bonchev–Trinajstić information content (AvgIpc) is 2.98. The fraction of sp³-hybridized carbons (Fsp3) is 0.222. The highest BCUT2D eigenvalue weighted by Crippen LogP contribution is 2.35. The van der Waals surface area contributed by atoms with E-state index >= 15 is 0 Å². The van der Waals surface area contributed by atoms with E-state index in [1.54, 1.807) is 23.9 Å². The number of hydrogen-bond acceptors (Lipinski definition) is 3. The lowest BCUT2D eigenvalue weighted by atomic mass is 10.2. The lowest BCUT2D eigenvalue weighted by molar-refractivity contribution is 0.627. The van der Waals surface area contributed by atoms with Crippen molar-refractivity contribution in [1.82, 2.24) is 14.8 Å². The van der Waals surface area contributed by atoms with Crippen molar-refractivity contribution in [3.63, 3.8) is 0 Å². The van der Waals surface area contributed by atoms with Gasteiger partial charge < -0.3 is 4.57 Å². The summed E-state index contributed by atoms with van der Waals surface area (Å²) in [4.78, 5) is 0. The third-order valence-corrected chi connectivity index (χ3v) is 5.15. The lowest BCUT2D eigenvalue weighted by Gasteiger charge is -2.12. The molecule has 0 amide bonds. The molecule has 0 aliphatic rings. The molecule has 0 aliphatic heterocycles. The number of halogens is 2. The summed E-state index contributed by atoms with van der Waals surface area (Å²) >= 11 is 7.57. The quantitative estimate of drug-likeness (QED) is 0.553. The van der Waals surface area contributed by atoms with E-state index in [2.05, 4.69) is 28.6 Å². The first-order valence-corrected chi connectivity index (χ1v) is 8.95. The number of nitrogens with zero attached hydrogens (tertiary/aromatic N) is 3. The van der Waals surface area contributed by atoms with Gasteiger partial charge in [0.15, 0.2) is 11.0 Å². The van der Waals surface area contributed by atoms with Crippen LogP contribution in [0.1, 0.15) is 24.7 Å². The molecule has 3 rings (SSSR count). The van der Waals surface area contributed by atoms with Gasteiger partial charge in [-0.3, -0.25) is 0 Å². The predicted molar refractivity (Wildman–Crippen MR) is 96.8 cm³/mol. The molecule has 0 radical (unpaired) electrons. The molecule has 0 spiro atoms. The Hall–Kier alpha value is -1.85. The topological polar surface area (TPSA) is 30.7 Å². The Morgan fingerprint density at radius 1 is 1.08 bits per heavy atom. The van der Waals surface area contributed by atoms with Crippen LogP contribution in [-0.4, -0.2) is 14.8 Å². The van der Waals surface area contributed by atoms with Gasteiger partial charge in [-0.1, -0.05) is 35.5 Å². The third kappa shape index (κ3) is 3.62. The van der Waals surface area contributed by atoms with Gasteiger partial charge in [0.2, 0.25) is 0 Å². The molecular formula is C18H17ClFN3S. The summed E-state index contributed by atoms with van der Waals surface area (Å²) in [5, 5.41) is 10.4. The predicted octanol–water partition coefficient (Wildman–Crippen LogP) is 5.61. The second-order valence-corrected chi connectivity index (χ2v) is 7.11. The Morgan fingerprint density at radius 3 is 2.38 bits per heavy atom. The molecule has 2 aromatic carbocycles. The zero-order valence-electron chi connectivity index (χ0n) is 13.4. The van der Waals surface area contributed by atoms with Crippen LogP contribution >= 0.6 is 23.4 Å². The maximum atomic E-state index is 13.1. The molecule has 0 N–H and O–H groups in total. The standard InChI is InChI=1S/C18H17ClFN3S/c1-3-23-17(14-4-8-15(19)9-5-14)21-22-18(23)24-12(2)13-6-10-16(20)11-7-13/h4-12H,3H2,1-2H3. The minimum Gasteiger partial charge on any atom is -0.302 e. The summed E-state index contributed by atoms with van der Waals surface area (Å²) in [7, 11) is 0. The van der Waals surface area contributed by atoms with Crippen LogP contribution in [0.5, 0.6) is 0 Å². The third-order valence-electron chi connectivity index (χ3n) is 3.76. The summed E-state index contributed by atoms with van der Waals surface area (Å²) in [5.74, 6) is 0.598. The van der Waals surface area contributed by atoms with Gasteiger partial charge in [0.25, 0.3) is 0 Å². The van der Waals surface area contributed by atoms with E-state index in [1.807, 2.05) is 24.3 Å². The number of benzene rings is 2. The Balaban J connectivity index is 1.86. The number of thioether (sulfide) groups is 1. The van der Waals surface area contributed by atoms with Gasteiger partial charge in [0.05, 0.1) is 0 Å². The largest absolute Gasteiger partial charge is 0.302 e. The molecule has 3 nitrogen and oxygen atoms in total. The summed E-state index contributed by atoms with van der Waals surface area (Å²) < 4.78 is 15.1. The van der Waals surface area contributed by atoms with Crippen LogP contribution in [0, 0.1) is 5.82 Å². The van der Waals surface area contributed by atoms with Crippen LogP contribution in [0.2, 0.25) is 5.02 Å². The minimum atomic E-state index is -0.224. The van der Waals surface area contributed by atoms with Crippen molar-refractivity contribution in [2.45, 2.75) is 30.8 Å². The van der Waals surface area contributed by atoms with E-state index < -0.39 is 0 Å². The molecule has 1 aromatic heterocycles. The van der Waals surface area contributed by atoms with Crippen LogP contribution in [-0.2, 0) is 6.54 Å². The number of rotatable bonds is 5. The molecule has 0 fully saturated rings. The zero-order chi connectivity index (χ0) is 17.1. The zero-order valence-corrected chi connectivity index (χ0v) is 15.0. The van der Waals surface area contributed by atoms with E-state index in [9.17, 15) is 4.39 Å². The van der Waals surface area contributed by atoms with Gasteiger partial charge in [0.1, 0.15) is 5.82 Å². The molecule has 0 aliphatic carbocycles. The van der Waals surface area contributed by atoms with E-state index in [-0.39, 0.29) is 11.1 Å². The van der Waals surface area contributed by atoms with Crippen LogP contribution in [0.4, 0.5) is 4.39 Å². The molecule has 24 heavy (non-hydrogen) atoms. The van der Waals surface area contributed by atoms with Crippen molar-refractivity contribution in [2.75, 3.05) is 0 Å². The van der Waals surface area contributed by atoms with Crippen molar-refractivity contribution in [2.24, 2.45) is 0 Å². The monoisotopic (exact) mass is 361 g/mol. The van der Waals surface area contributed by atoms with Crippen LogP contribution in [0.3, 0.4) is 0 Å². The molecule has 1 heterocycles. The Bertz CT molecular complexity index is 815. The minimum absolute atomic E-state index is 0.151. The highest BCUT2D eigenvalue weighted by Gasteiger charge is 2.16. The Labute approximate surface area is 149 Å². The summed E-state index contributed by atoms with van der Waals surface area (Å²) in [6, 6.07) is 14.2. The maximum Gasteiger partial charge on any atom is 0.192 e. The van der Waals surface area contributed by atoms with Gasteiger partial charge in [-0.2, -0.15) is 0 Å². The van der Waals surface area contributed by atoms with Gasteiger partial charge in [-0.15, -0.1) is 10.2 Å². The molecule has 6 heteroatoms. The first-order valence-electron chi connectivity index (χ1n) is 7.69. The first-order chi connectivity index (χ1) is 11.6. The molecule has 3 aromatic rings. The van der Waals surface area contributed by atoms with E-state index in [0.717, 1.165) is 28.7 Å². The lowest BCUT2D eigenvalue weighted by Crippen LogP contribution is -2.01. The first kappa shape index (κ1) is 17.0. The van der Waals surface area contributed by atoms with Gasteiger partial charge in [-0.05, 0) is 55.8 Å². The van der Waals surface area contributed by atoms with Gasteiger partial charge >= 0.3 is 0 Å². The maximum absolute atomic E-state index is 13.1. The summed E-state index contributed by atoms with van der Waals surface area (Å²) in [5.41, 5.74) is 2.04. The Kier molecular flexibility index (Phi) is 5.21. The summed E-state index contributed by atoms with van der Waals surface area (Å²) in [6.07, 6.45) is 0. The summed E-state index contributed by atoms with van der Waals surface area (Å²) in [6.45, 7) is 4.91. The molecule has 1 unspecified atom stereocenters. The van der Waals surface area contributed by atoms with E-state index in [1.165, 1.54) is 12.1 Å². The Morgan fingerprint density at radius 2 is 1.75 bits per heavy atom.